The van der Waals surface area contributed by atoms with Crippen molar-refractivity contribution < 1.29 is 0 Å². The van der Waals surface area contributed by atoms with Crippen molar-refractivity contribution in [3.05, 3.63) is 17.0 Å². The fourth-order valence-corrected chi connectivity index (χ4v) is 2.05. The van der Waals surface area contributed by atoms with Crippen LogP contribution in [0, 0.1) is 26.7 Å². The molecule has 0 amide bonds. The molecule has 0 spiro atoms. The summed E-state index contributed by atoms with van der Waals surface area (Å²) in [6.45, 7) is 9.61. The number of alkyl halides is 1. The molecule has 2 nitrogen and oxygen atoms in total. The molecule has 0 aromatic carbocycles. The third-order valence-electron chi connectivity index (χ3n) is 3.18. The van der Waals surface area contributed by atoms with Gasteiger partial charge in [0.2, 0.25) is 0 Å². The molecule has 1 unspecified atom stereocenters. The van der Waals surface area contributed by atoms with Crippen LogP contribution in [0.2, 0.25) is 0 Å². The Hall–Kier alpha value is -0.500. The van der Waals surface area contributed by atoms with Crippen molar-refractivity contribution in [3.63, 3.8) is 0 Å². The van der Waals surface area contributed by atoms with Gasteiger partial charge in [-0.2, -0.15) is 5.10 Å². The molecule has 1 heterocycles. The minimum Gasteiger partial charge on any atom is -0.269 e. The van der Waals surface area contributed by atoms with Crippen LogP contribution < -0.4 is 0 Å². The Morgan fingerprint density at radius 2 is 1.93 bits per heavy atom. The molecule has 0 radical (unpaired) electrons. The van der Waals surface area contributed by atoms with Crippen molar-refractivity contribution >= 4 is 11.6 Å². The summed E-state index contributed by atoms with van der Waals surface area (Å²) in [6.07, 6.45) is 2.26. The Kier molecular flexibility index (Phi) is 4.65. The van der Waals surface area contributed by atoms with Crippen molar-refractivity contribution in [2.45, 2.75) is 47.1 Å². The van der Waals surface area contributed by atoms with Crippen molar-refractivity contribution in [3.8, 4) is 0 Å². The van der Waals surface area contributed by atoms with Crippen LogP contribution in [0.4, 0.5) is 0 Å². The molecule has 0 N–H and O–H groups in total. The molecule has 0 aliphatic rings. The highest BCUT2D eigenvalue weighted by atomic mass is 35.5. The maximum atomic E-state index is 5.72. The van der Waals surface area contributed by atoms with Gasteiger partial charge in [-0.05, 0) is 45.1 Å². The molecule has 1 rings (SSSR count). The Bertz CT molecular complexity index is 318. The molecule has 0 bridgehead atoms. The molecule has 0 saturated heterocycles. The van der Waals surface area contributed by atoms with Gasteiger partial charge in [0.15, 0.2) is 0 Å². The Labute approximate surface area is 97.6 Å². The second-order valence-electron chi connectivity index (χ2n) is 4.39. The van der Waals surface area contributed by atoms with E-state index in [4.69, 9.17) is 11.6 Å². The molecule has 1 aromatic heterocycles. The molecule has 15 heavy (non-hydrogen) atoms. The smallest absolute Gasteiger partial charge is 0.0625 e. The number of halogens is 1. The molecule has 0 aliphatic carbocycles. The number of hydrogen-bond donors (Lipinski definition) is 0. The van der Waals surface area contributed by atoms with Gasteiger partial charge < -0.3 is 0 Å². The lowest BCUT2D eigenvalue weighted by molar-refractivity contribution is 0.444. The molecular weight excluding hydrogens is 208 g/mol. The molecular formula is C12H21ClN2. The highest BCUT2D eigenvalue weighted by molar-refractivity contribution is 6.17. The summed E-state index contributed by atoms with van der Waals surface area (Å²) in [5.41, 5.74) is 3.77. The first kappa shape index (κ1) is 12.6. The van der Waals surface area contributed by atoms with Crippen LogP contribution in [0.3, 0.4) is 0 Å². The Balaban J connectivity index is 2.54. The van der Waals surface area contributed by atoms with Crippen molar-refractivity contribution in [2.75, 3.05) is 5.88 Å². The van der Waals surface area contributed by atoms with E-state index < -0.39 is 0 Å². The van der Waals surface area contributed by atoms with Gasteiger partial charge in [-0.15, -0.1) is 11.6 Å². The van der Waals surface area contributed by atoms with Crippen LogP contribution in [0.25, 0.3) is 0 Å². The zero-order valence-corrected chi connectivity index (χ0v) is 10.9. The van der Waals surface area contributed by atoms with Crippen molar-refractivity contribution in [1.29, 1.82) is 0 Å². The normalized spacial score (nSPS) is 13.1. The summed E-state index contributed by atoms with van der Waals surface area (Å²) in [5.74, 6) is 1.45. The SMILES string of the molecule is Cc1nn(CCC(C)CCCl)c(C)c1C. The number of rotatable bonds is 5. The lowest BCUT2D eigenvalue weighted by Gasteiger charge is -2.10. The van der Waals surface area contributed by atoms with E-state index in [1.54, 1.807) is 0 Å². The number of aryl methyl sites for hydroxylation is 2. The molecule has 0 saturated carbocycles. The first-order chi connectivity index (χ1) is 7.06. The second kappa shape index (κ2) is 5.55. The quantitative estimate of drug-likeness (QED) is 0.706. The molecule has 1 aromatic rings. The Morgan fingerprint density at radius 3 is 2.40 bits per heavy atom. The van der Waals surface area contributed by atoms with E-state index in [1.165, 1.54) is 11.3 Å². The van der Waals surface area contributed by atoms with Crippen molar-refractivity contribution in [1.82, 2.24) is 9.78 Å². The maximum Gasteiger partial charge on any atom is 0.0625 e. The van der Waals surface area contributed by atoms with Crippen LogP contribution in [0.5, 0.6) is 0 Å². The molecule has 0 aliphatic heterocycles. The average molecular weight is 229 g/mol. The largest absolute Gasteiger partial charge is 0.269 e. The van der Waals surface area contributed by atoms with Gasteiger partial charge in [0.05, 0.1) is 5.69 Å². The highest BCUT2D eigenvalue weighted by Gasteiger charge is 2.08. The standard InChI is InChI=1S/C12H21ClN2/c1-9(5-7-13)6-8-15-12(4)10(2)11(3)14-15/h9H,5-8H2,1-4H3. The zero-order chi connectivity index (χ0) is 11.4. The van der Waals surface area contributed by atoms with Gasteiger partial charge in [0, 0.05) is 18.1 Å². The first-order valence-corrected chi connectivity index (χ1v) is 6.16. The predicted molar refractivity (Wildman–Crippen MR) is 65.6 cm³/mol. The molecule has 86 valence electrons. The topological polar surface area (TPSA) is 17.8 Å². The maximum absolute atomic E-state index is 5.72. The summed E-state index contributed by atoms with van der Waals surface area (Å²) < 4.78 is 2.12. The van der Waals surface area contributed by atoms with Gasteiger partial charge >= 0.3 is 0 Å². The Morgan fingerprint density at radius 1 is 1.27 bits per heavy atom. The van der Waals surface area contributed by atoms with E-state index in [2.05, 4.69) is 37.5 Å². The second-order valence-corrected chi connectivity index (χ2v) is 4.77. The van der Waals surface area contributed by atoms with Crippen LogP contribution in [0.1, 0.15) is 36.7 Å². The minimum atomic E-state index is 0.687. The first-order valence-electron chi connectivity index (χ1n) is 5.62. The fourth-order valence-electron chi connectivity index (χ4n) is 1.68. The molecule has 3 heteroatoms. The predicted octanol–water partition coefficient (Wildman–Crippen LogP) is 3.46. The van der Waals surface area contributed by atoms with Gasteiger partial charge in [0.25, 0.3) is 0 Å². The van der Waals surface area contributed by atoms with E-state index in [0.29, 0.717) is 5.92 Å². The van der Waals surface area contributed by atoms with Crippen LogP contribution >= 0.6 is 11.6 Å². The molecule has 1 atom stereocenters. The number of nitrogens with zero attached hydrogens (tertiary/aromatic N) is 2. The lowest BCUT2D eigenvalue weighted by Crippen LogP contribution is -2.07. The van der Waals surface area contributed by atoms with E-state index in [-0.39, 0.29) is 0 Å². The van der Waals surface area contributed by atoms with E-state index >= 15 is 0 Å². The summed E-state index contributed by atoms with van der Waals surface area (Å²) >= 11 is 5.72. The van der Waals surface area contributed by atoms with Gasteiger partial charge in [-0.3, -0.25) is 4.68 Å². The number of aromatic nitrogens is 2. The van der Waals surface area contributed by atoms with Gasteiger partial charge in [-0.25, -0.2) is 0 Å². The number of hydrogen-bond acceptors (Lipinski definition) is 1. The minimum absolute atomic E-state index is 0.687. The van der Waals surface area contributed by atoms with Gasteiger partial charge in [0.1, 0.15) is 0 Å². The summed E-state index contributed by atoms with van der Waals surface area (Å²) in [4.78, 5) is 0. The zero-order valence-electron chi connectivity index (χ0n) is 10.2. The van der Waals surface area contributed by atoms with Crippen molar-refractivity contribution in [2.24, 2.45) is 5.92 Å². The van der Waals surface area contributed by atoms with Crippen LogP contribution in [0.15, 0.2) is 0 Å². The average Bonchev–Trinajstić information content (AvgIpc) is 2.43. The third kappa shape index (κ3) is 3.23. The van der Waals surface area contributed by atoms with E-state index in [9.17, 15) is 0 Å². The monoisotopic (exact) mass is 228 g/mol. The van der Waals surface area contributed by atoms with Gasteiger partial charge in [-0.1, -0.05) is 6.92 Å². The third-order valence-corrected chi connectivity index (χ3v) is 3.40. The van der Waals surface area contributed by atoms with Crippen LogP contribution in [-0.2, 0) is 6.54 Å². The summed E-state index contributed by atoms with van der Waals surface area (Å²) in [7, 11) is 0. The van der Waals surface area contributed by atoms with E-state index in [0.717, 1.165) is 31.0 Å². The van der Waals surface area contributed by atoms with Crippen LogP contribution in [-0.4, -0.2) is 15.7 Å². The lowest BCUT2D eigenvalue weighted by atomic mass is 10.1. The van der Waals surface area contributed by atoms with E-state index in [1.807, 2.05) is 0 Å². The highest BCUT2D eigenvalue weighted by Crippen LogP contribution is 2.14. The summed E-state index contributed by atoms with van der Waals surface area (Å²) in [5, 5.41) is 4.53. The molecule has 0 fully saturated rings. The fraction of sp³-hybridized carbons (Fsp3) is 0.750. The summed E-state index contributed by atoms with van der Waals surface area (Å²) in [6, 6.07) is 0.